The predicted octanol–water partition coefficient (Wildman–Crippen LogP) is 1.95. The van der Waals surface area contributed by atoms with Crippen molar-refractivity contribution in [3.05, 3.63) is 35.7 Å². The van der Waals surface area contributed by atoms with Crippen LogP contribution in [0.5, 0.6) is 5.75 Å². The number of ether oxygens (including phenoxy) is 2. The van der Waals surface area contributed by atoms with Gasteiger partial charge in [0.2, 0.25) is 0 Å². The first-order valence-electron chi connectivity index (χ1n) is 4.96. The zero-order valence-corrected chi connectivity index (χ0v) is 9.35. The van der Waals surface area contributed by atoms with Crippen LogP contribution in [0.2, 0.25) is 0 Å². The molecular formula is C12H13FO4. The van der Waals surface area contributed by atoms with Gasteiger partial charge in [-0.1, -0.05) is 6.07 Å². The van der Waals surface area contributed by atoms with Crippen molar-refractivity contribution >= 4 is 12.0 Å². The summed E-state index contributed by atoms with van der Waals surface area (Å²) in [6.07, 6.45) is 2.25. The van der Waals surface area contributed by atoms with Crippen LogP contribution in [0, 0.1) is 5.82 Å². The molecule has 1 N–H and O–H groups in total. The Balaban J connectivity index is 2.69. The Kier molecular flexibility index (Phi) is 5.16. The summed E-state index contributed by atoms with van der Waals surface area (Å²) >= 11 is 0. The van der Waals surface area contributed by atoms with Crippen molar-refractivity contribution in [3.63, 3.8) is 0 Å². The van der Waals surface area contributed by atoms with E-state index in [1.165, 1.54) is 25.3 Å². The molecule has 0 saturated heterocycles. The largest absolute Gasteiger partial charge is 0.488 e. The van der Waals surface area contributed by atoms with Crippen molar-refractivity contribution in [2.75, 3.05) is 20.3 Å². The van der Waals surface area contributed by atoms with Gasteiger partial charge in [0.25, 0.3) is 0 Å². The van der Waals surface area contributed by atoms with Crippen LogP contribution in [0.3, 0.4) is 0 Å². The quantitative estimate of drug-likeness (QED) is 0.610. The van der Waals surface area contributed by atoms with Gasteiger partial charge in [0, 0.05) is 13.2 Å². The lowest BCUT2D eigenvalue weighted by molar-refractivity contribution is -0.131. The number of carboxylic acid groups (broad SMARTS) is 1. The first-order chi connectivity index (χ1) is 8.13. The predicted molar refractivity (Wildman–Crippen MR) is 60.4 cm³/mol. The van der Waals surface area contributed by atoms with E-state index in [1.54, 1.807) is 6.07 Å². The highest BCUT2D eigenvalue weighted by Gasteiger charge is 2.03. The van der Waals surface area contributed by atoms with Crippen LogP contribution in [0.4, 0.5) is 4.39 Å². The van der Waals surface area contributed by atoms with Crippen molar-refractivity contribution < 1.29 is 23.8 Å². The molecule has 0 bridgehead atoms. The second kappa shape index (κ2) is 6.65. The Morgan fingerprint density at radius 1 is 1.47 bits per heavy atom. The molecule has 0 aliphatic heterocycles. The first-order valence-corrected chi connectivity index (χ1v) is 4.96. The molecule has 0 atom stereocenters. The van der Waals surface area contributed by atoms with Gasteiger partial charge in [-0.3, -0.25) is 0 Å². The molecule has 17 heavy (non-hydrogen) atoms. The van der Waals surface area contributed by atoms with Gasteiger partial charge in [-0.05, 0) is 23.8 Å². The van der Waals surface area contributed by atoms with Gasteiger partial charge < -0.3 is 14.6 Å². The maximum Gasteiger partial charge on any atom is 0.328 e. The third-order valence-corrected chi connectivity index (χ3v) is 1.92. The molecule has 92 valence electrons. The summed E-state index contributed by atoms with van der Waals surface area (Å²) in [5.41, 5.74) is 0.462. The fourth-order valence-corrected chi connectivity index (χ4v) is 1.14. The van der Waals surface area contributed by atoms with Crippen LogP contribution in [0.15, 0.2) is 24.3 Å². The van der Waals surface area contributed by atoms with Crippen molar-refractivity contribution in [1.82, 2.24) is 0 Å². The molecule has 0 heterocycles. The molecule has 0 spiro atoms. The lowest BCUT2D eigenvalue weighted by atomic mass is 10.2. The van der Waals surface area contributed by atoms with Gasteiger partial charge in [-0.15, -0.1) is 0 Å². The Bertz CT molecular complexity index is 415. The minimum Gasteiger partial charge on any atom is -0.488 e. The lowest BCUT2D eigenvalue weighted by Gasteiger charge is -2.06. The standard InChI is InChI=1S/C12H13FO4/c1-16-6-7-17-11-4-2-9(8-10(11)13)3-5-12(14)15/h2-5,8H,6-7H2,1H3,(H,14,15). The fraction of sp³-hybridized carbons (Fsp3) is 0.250. The van der Waals surface area contributed by atoms with E-state index in [4.69, 9.17) is 14.6 Å². The van der Waals surface area contributed by atoms with Crippen LogP contribution < -0.4 is 4.74 Å². The summed E-state index contributed by atoms with van der Waals surface area (Å²) in [5.74, 6) is -1.49. The van der Waals surface area contributed by atoms with Gasteiger partial charge in [0.15, 0.2) is 11.6 Å². The van der Waals surface area contributed by atoms with E-state index in [0.717, 1.165) is 6.08 Å². The summed E-state index contributed by atoms with van der Waals surface area (Å²) < 4.78 is 23.3. The molecule has 0 aliphatic rings. The zero-order valence-electron chi connectivity index (χ0n) is 9.35. The van der Waals surface area contributed by atoms with Gasteiger partial charge in [0.1, 0.15) is 6.61 Å². The lowest BCUT2D eigenvalue weighted by Crippen LogP contribution is -2.05. The monoisotopic (exact) mass is 240 g/mol. The van der Waals surface area contributed by atoms with Crippen molar-refractivity contribution in [3.8, 4) is 5.75 Å². The summed E-state index contributed by atoms with van der Waals surface area (Å²) in [6, 6.07) is 4.23. The number of aliphatic carboxylic acids is 1. The summed E-state index contributed by atoms with van der Waals surface area (Å²) in [6.45, 7) is 0.637. The topological polar surface area (TPSA) is 55.8 Å². The van der Waals surface area contributed by atoms with Crippen molar-refractivity contribution in [1.29, 1.82) is 0 Å². The average Bonchev–Trinajstić information content (AvgIpc) is 2.29. The number of benzene rings is 1. The molecule has 0 amide bonds. The molecule has 0 aliphatic carbocycles. The zero-order chi connectivity index (χ0) is 12.7. The molecule has 1 aromatic rings. The van der Waals surface area contributed by atoms with E-state index < -0.39 is 11.8 Å². The van der Waals surface area contributed by atoms with Gasteiger partial charge in [-0.25, -0.2) is 9.18 Å². The van der Waals surface area contributed by atoms with Gasteiger partial charge >= 0.3 is 5.97 Å². The molecule has 0 aromatic heterocycles. The number of hydrogen-bond acceptors (Lipinski definition) is 3. The van der Waals surface area contributed by atoms with Crippen LogP contribution in [0.25, 0.3) is 6.08 Å². The molecule has 0 unspecified atom stereocenters. The van der Waals surface area contributed by atoms with E-state index in [1.807, 2.05) is 0 Å². The number of rotatable bonds is 6. The minimum atomic E-state index is -1.08. The molecule has 4 nitrogen and oxygen atoms in total. The third kappa shape index (κ3) is 4.65. The SMILES string of the molecule is COCCOc1ccc(C=CC(=O)O)cc1F. The summed E-state index contributed by atoms with van der Waals surface area (Å²) in [4.78, 5) is 10.3. The van der Waals surface area contributed by atoms with Crippen LogP contribution in [0.1, 0.15) is 5.56 Å². The minimum absolute atomic E-state index is 0.120. The maximum atomic E-state index is 13.5. The molecule has 5 heteroatoms. The summed E-state index contributed by atoms with van der Waals surface area (Å²) in [5, 5.41) is 8.42. The number of carboxylic acids is 1. The number of halogens is 1. The number of methoxy groups -OCH3 is 1. The smallest absolute Gasteiger partial charge is 0.328 e. The van der Waals surface area contributed by atoms with E-state index in [2.05, 4.69) is 0 Å². The number of hydrogen-bond donors (Lipinski definition) is 1. The van der Waals surface area contributed by atoms with Crippen LogP contribution in [-0.4, -0.2) is 31.4 Å². The van der Waals surface area contributed by atoms with Crippen molar-refractivity contribution in [2.24, 2.45) is 0 Å². The van der Waals surface area contributed by atoms with E-state index in [9.17, 15) is 9.18 Å². The molecule has 0 saturated carbocycles. The molecule has 1 rings (SSSR count). The second-order valence-electron chi connectivity index (χ2n) is 3.20. The highest BCUT2D eigenvalue weighted by molar-refractivity contribution is 5.85. The Labute approximate surface area is 98.3 Å². The van der Waals surface area contributed by atoms with Crippen LogP contribution >= 0.6 is 0 Å². The van der Waals surface area contributed by atoms with E-state index in [0.29, 0.717) is 12.2 Å². The Hall–Kier alpha value is -1.88. The van der Waals surface area contributed by atoms with Crippen molar-refractivity contribution in [2.45, 2.75) is 0 Å². The van der Waals surface area contributed by atoms with E-state index in [-0.39, 0.29) is 12.4 Å². The third-order valence-electron chi connectivity index (χ3n) is 1.92. The Morgan fingerprint density at radius 3 is 2.82 bits per heavy atom. The first kappa shape index (κ1) is 13.2. The molecular weight excluding hydrogens is 227 g/mol. The highest BCUT2D eigenvalue weighted by Crippen LogP contribution is 2.18. The average molecular weight is 240 g/mol. The second-order valence-corrected chi connectivity index (χ2v) is 3.20. The maximum absolute atomic E-state index is 13.5. The Morgan fingerprint density at radius 2 is 2.24 bits per heavy atom. The highest BCUT2D eigenvalue weighted by atomic mass is 19.1. The molecule has 0 radical (unpaired) electrons. The summed E-state index contributed by atoms with van der Waals surface area (Å²) in [7, 11) is 1.53. The van der Waals surface area contributed by atoms with E-state index >= 15 is 0 Å². The van der Waals surface area contributed by atoms with Gasteiger partial charge in [0.05, 0.1) is 6.61 Å². The van der Waals surface area contributed by atoms with Crippen LogP contribution in [-0.2, 0) is 9.53 Å². The fourth-order valence-electron chi connectivity index (χ4n) is 1.14. The van der Waals surface area contributed by atoms with Gasteiger partial charge in [-0.2, -0.15) is 0 Å². The molecule has 1 aromatic carbocycles. The molecule has 0 fully saturated rings. The normalized spacial score (nSPS) is 10.7. The number of carbonyl (C=O) groups is 1.